The number of imide groups is 1. The number of anilines is 1. The van der Waals surface area contributed by atoms with Gasteiger partial charge in [-0.2, -0.15) is 0 Å². The molecule has 0 bridgehead atoms. The first kappa shape index (κ1) is 28.6. The van der Waals surface area contributed by atoms with Crippen LogP contribution in [0.25, 0.3) is 16.8 Å². The van der Waals surface area contributed by atoms with Gasteiger partial charge in [-0.3, -0.25) is 19.3 Å². The van der Waals surface area contributed by atoms with E-state index in [1.807, 2.05) is 42.5 Å². The zero-order valence-corrected chi connectivity index (χ0v) is 23.8. The number of para-hydroxylation sites is 2. The van der Waals surface area contributed by atoms with Gasteiger partial charge in [0, 0.05) is 5.39 Å². The molecule has 4 aromatic carbocycles. The highest BCUT2D eigenvalue weighted by Gasteiger charge is 2.34. The number of thioether (sulfide) groups is 1. The lowest BCUT2D eigenvalue weighted by molar-refractivity contribution is -0.123. The minimum Gasteiger partial charge on any atom is -0.495 e. The maximum absolute atomic E-state index is 13.0. The molecule has 0 saturated carbocycles. The Morgan fingerprint density at radius 1 is 0.833 bits per heavy atom. The van der Waals surface area contributed by atoms with E-state index in [0.717, 1.165) is 22.5 Å². The van der Waals surface area contributed by atoms with Crippen molar-refractivity contribution in [2.45, 2.75) is 0 Å². The second-order valence-corrected chi connectivity index (χ2v) is 10.1. The van der Waals surface area contributed by atoms with Gasteiger partial charge in [0.15, 0.2) is 18.1 Å². The van der Waals surface area contributed by atoms with E-state index in [2.05, 4.69) is 5.32 Å². The van der Waals surface area contributed by atoms with Crippen LogP contribution in [0.3, 0.4) is 0 Å². The Labute approximate surface area is 247 Å². The number of methoxy groups -OCH3 is 2. The minimum absolute atomic E-state index is 0.123. The number of ether oxygens (including phenoxy) is 4. The number of hydrogen-bond acceptors (Lipinski definition) is 8. The number of amides is 3. The molecule has 42 heavy (non-hydrogen) atoms. The average molecular weight is 585 g/mol. The summed E-state index contributed by atoms with van der Waals surface area (Å²) in [6.07, 6.45) is 1.62. The van der Waals surface area contributed by atoms with Crippen molar-refractivity contribution in [3.8, 4) is 23.0 Å². The molecule has 0 atom stereocenters. The van der Waals surface area contributed by atoms with Crippen molar-refractivity contribution in [1.29, 1.82) is 0 Å². The van der Waals surface area contributed by atoms with Gasteiger partial charge in [0.05, 0.1) is 31.4 Å². The predicted octanol–water partition coefficient (Wildman–Crippen LogP) is 5.99. The monoisotopic (exact) mass is 584 g/mol. The number of benzene rings is 4. The van der Waals surface area contributed by atoms with Gasteiger partial charge in [0.25, 0.3) is 17.1 Å². The van der Waals surface area contributed by atoms with Crippen LogP contribution >= 0.6 is 11.8 Å². The summed E-state index contributed by atoms with van der Waals surface area (Å²) >= 11 is 0.869. The fraction of sp³-hybridized carbons (Fsp3) is 0.156. The Bertz CT molecular complexity index is 1660. The van der Waals surface area contributed by atoms with Gasteiger partial charge >= 0.3 is 0 Å². The van der Waals surface area contributed by atoms with Gasteiger partial charge in [0.1, 0.15) is 18.1 Å². The summed E-state index contributed by atoms with van der Waals surface area (Å²) in [5.41, 5.74) is 1.17. The maximum Gasteiger partial charge on any atom is 0.293 e. The van der Waals surface area contributed by atoms with Crippen LogP contribution in [-0.4, -0.2) is 55.9 Å². The predicted molar refractivity (Wildman–Crippen MR) is 162 cm³/mol. The fourth-order valence-electron chi connectivity index (χ4n) is 4.38. The Kier molecular flexibility index (Phi) is 8.93. The minimum atomic E-state index is -0.390. The molecule has 9 nitrogen and oxygen atoms in total. The van der Waals surface area contributed by atoms with E-state index in [4.69, 9.17) is 18.9 Å². The molecule has 1 saturated heterocycles. The molecule has 1 aliphatic rings. The van der Waals surface area contributed by atoms with Gasteiger partial charge in [-0.25, -0.2) is 0 Å². The number of carbonyl (C=O) groups excluding carboxylic acids is 3. The summed E-state index contributed by atoms with van der Waals surface area (Å²) in [6.45, 7) is 0.0373. The molecule has 0 unspecified atom stereocenters. The van der Waals surface area contributed by atoms with Crippen molar-refractivity contribution in [1.82, 2.24) is 4.90 Å². The van der Waals surface area contributed by atoms with Crippen LogP contribution < -0.4 is 24.3 Å². The molecule has 5 rings (SSSR count). The van der Waals surface area contributed by atoms with E-state index >= 15 is 0 Å². The lowest BCUT2D eigenvalue weighted by Crippen LogP contribution is -2.32. The van der Waals surface area contributed by atoms with Gasteiger partial charge in [0.2, 0.25) is 0 Å². The molecule has 0 spiro atoms. The first-order chi connectivity index (χ1) is 20.5. The van der Waals surface area contributed by atoms with E-state index in [-0.39, 0.29) is 41.7 Å². The molecule has 1 aliphatic heterocycles. The first-order valence-electron chi connectivity index (χ1n) is 13.1. The third kappa shape index (κ3) is 6.50. The van der Waals surface area contributed by atoms with Crippen molar-refractivity contribution in [3.63, 3.8) is 0 Å². The molecule has 10 heteroatoms. The standard InChI is InChI=1S/C32H28N2O7S/c1-38-26-12-6-5-11-24(26)33-30(35)20-41-27-15-14-21(18-28(27)39-2)19-29-31(36)34(32(37)42-29)16-17-40-25-13-7-9-22-8-3-4-10-23(22)25/h3-15,18-19H,16-17,20H2,1-2H3,(H,33,35)/b29-19-. The van der Waals surface area contributed by atoms with Crippen LogP contribution in [-0.2, 0) is 9.59 Å². The zero-order chi connectivity index (χ0) is 29.5. The fourth-order valence-corrected chi connectivity index (χ4v) is 5.25. The van der Waals surface area contributed by atoms with Crippen molar-refractivity contribution < 1.29 is 33.3 Å². The van der Waals surface area contributed by atoms with Crippen molar-refractivity contribution in [2.24, 2.45) is 0 Å². The van der Waals surface area contributed by atoms with Gasteiger partial charge < -0.3 is 24.3 Å². The van der Waals surface area contributed by atoms with Gasteiger partial charge in [-0.1, -0.05) is 54.6 Å². The van der Waals surface area contributed by atoms with Gasteiger partial charge in [-0.05, 0) is 59.1 Å². The quantitative estimate of drug-likeness (QED) is 0.215. The molecular formula is C32H28N2O7S. The largest absolute Gasteiger partial charge is 0.495 e. The SMILES string of the molecule is COc1ccccc1NC(=O)COc1ccc(/C=C2\SC(=O)N(CCOc3cccc4ccccc34)C2=O)cc1OC. The average Bonchev–Trinajstić information content (AvgIpc) is 3.27. The molecule has 0 aromatic heterocycles. The van der Waals surface area contributed by atoms with Crippen LogP contribution in [0.1, 0.15) is 5.56 Å². The first-order valence-corrected chi connectivity index (χ1v) is 13.9. The molecule has 3 amide bonds. The molecule has 1 N–H and O–H groups in total. The summed E-state index contributed by atoms with van der Waals surface area (Å²) in [7, 11) is 3.00. The second-order valence-electron chi connectivity index (χ2n) is 9.11. The lowest BCUT2D eigenvalue weighted by Gasteiger charge is -2.14. The van der Waals surface area contributed by atoms with Crippen molar-refractivity contribution in [3.05, 3.63) is 95.4 Å². The molecule has 0 aliphatic carbocycles. The highest BCUT2D eigenvalue weighted by Crippen LogP contribution is 2.35. The molecule has 1 fully saturated rings. The topological polar surface area (TPSA) is 103 Å². The number of nitrogens with one attached hydrogen (secondary N) is 1. The maximum atomic E-state index is 13.0. The number of nitrogens with zero attached hydrogens (tertiary/aromatic N) is 1. The Balaban J connectivity index is 1.19. The molecule has 214 valence electrons. The smallest absolute Gasteiger partial charge is 0.293 e. The summed E-state index contributed by atoms with van der Waals surface area (Å²) in [4.78, 5) is 39.5. The Hall–Kier alpha value is -4.96. The second kappa shape index (κ2) is 13.1. The van der Waals surface area contributed by atoms with E-state index in [1.54, 1.807) is 48.5 Å². The normalized spacial score (nSPS) is 13.9. The van der Waals surface area contributed by atoms with Crippen molar-refractivity contribution >= 4 is 51.4 Å². The summed E-state index contributed by atoms with van der Waals surface area (Å²) in [5.74, 6) is 1.19. The highest BCUT2D eigenvalue weighted by molar-refractivity contribution is 8.18. The van der Waals surface area contributed by atoms with E-state index in [1.165, 1.54) is 19.1 Å². The molecule has 0 radical (unpaired) electrons. The summed E-state index contributed by atoms with van der Waals surface area (Å²) < 4.78 is 22.3. The number of rotatable bonds is 11. The summed E-state index contributed by atoms with van der Waals surface area (Å²) in [6, 6.07) is 25.7. The van der Waals surface area contributed by atoms with Crippen molar-refractivity contribution in [2.75, 3.05) is 39.3 Å². The Morgan fingerprint density at radius 2 is 1.57 bits per heavy atom. The number of fused-ring (bicyclic) bond motifs is 1. The number of hydrogen-bond donors (Lipinski definition) is 1. The van der Waals surface area contributed by atoms with Crippen LogP contribution in [0.5, 0.6) is 23.0 Å². The molecule has 1 heterocycles. The lowest BCUT2D eigenvalue weighted by atomic mass is 10.1. The van der Waals surface area contributed by atoms with E-state index < -0.39 is 0 Å². The third-order valence-electron chi connectivity index (χ3n) is 6.42. The van der Waals surface area contributed by atoms with E-state index in [9.17, 15) is 14.4 Å². The van der Waals surface area contributed by atoms with Crippen LogP contribution in [0.4, 0.5) is 10.5 Å². The van der Waals surface area contributed by atoms with E-state index in [0.29, 0.717) is 34.2 Å². The van der Waals surface area contributed by atoms with Gasteiger partial charge in [-0.15, -0.1) is 0 Å². The number of carbonyl (C=O) groups is 3. The molecular weight excluding hydrogens is 556 g/mol. The van der Waals surface area contributed by atoms with Crippen LogP contribution in [0.15, 0.2) is 89.8 Å². The molecule has 4 aromatic rings. The highest BCUT2D eigenvalue weighted by atomic mass is 32.2. The van der Waals surface area contributed by atoms with Crippen LogP contribution in [0, 0.1) is 0 Å². The summed E-state index contributed by atoms with van der Waals surface area (Å²) in [5, 5.41) is 4.40. The van der Waals surface area contributed by atoms with Crippen LogP contribution in [0.2, 0.25) is 0 Å². The third-order valence-corrected chi connectivity index (χ3v) is 7.33. The Morgan fingerprint density at radius 3 is 2.40 bits per heavy atom. The zero-order valence-electron chi connectivity index (χ0n) is 23.0.